The average Bonchev–Trinajstić information content (AvgIpc) is 3.02. The standard InChI is InChI=1S/C20H19N3O4S/c1-11-8-12(2)18-16(9-11)28-20(23-18)22-17(25)10-27-19(26)14-4-6-15(7-5-14)21-13(3)24/h4-9H,10H2,1-3H3,(H,21,24)(H,22,23,25). The van der Waals surface area contributed by atoms with E-state index in [-0.39, 0.29) is 11.5 Å². The third-order valence-corrected chi connectivity index (χ3v) is 4.77. The normalized spacial score (nSPS) is 10.5. The van der Waals surface area contributed by atoms with Crippen LogP contribution in [-0.2, 0) is 14.3 Å². The average molecular weight is 397 g/mol. The first-order chi connectivity index (χ1) is 13.3. The van der Waals surface area contributed by atoms with Crippen LogP contribution in [0.1, 0.15) is 28.4 Å². The van der Waals surface area contributed by atoms with E-state index in [2.05, 4.69) is 15.6 Å². The summed E-state index contributed by atoms with van der Waals surface area (Å²) in [5, 5.41) is 5.73. The molecule has 1 heterocycles. The molecule has 0 radical (unpaired) electrons. The number of aromatic nitrogens is 1. The molecule has 0 unspecified atom stereocenters. The molecule has 3 rings (SSSR count). The van der Waals surface area contributed by atoms with Gasteiger partial charge in [-0.05, 0) is 55.3 Å². The topological polar surface area (TPSA) is 97.4 Å². The Morgan fingerprint density at radius 3 is 2.46 bits per heavy atom. The molecular formula is C20H19N3O4S. The van der Waals surface area contributed by atoms with Crippen LogP contribution in [0.4, 0.5) is 10.8 Å². The van der Waals surface area contributed by atoms with Crippen molar-refractivity contribution >= 4 is 50.2 Å². The zero-order chi connectivity index (χ0) is 20.3. The lowest BCUT2D eigenvalue weighted by molar-refractivity contribution is -0.119. The van der Waals surface area contributed by atoms with Crippen molar-refractivity contribution in [3.63, 3.8) is 0 Å². The van der Waals surface area contributed by atoms with E-state index in [0.717, 1.165) is 21.3 Å². The molecule has 2 N–H and O–H groups in total. The second-order valence-electron chi connectivity index (χ2n) is 6.33. The van der Waals surface area contributed by atoms with Crippen LogP contribution in [0.3, 0.4) is 0 Å². The van der Waals surface area contributed by atoms with E-state index in [4.69, 9.17) is 4.74 Å². The Labute approximate surface area is 165 Å². The first-order valence-electron chi connectivity index (χ1n) is 8.54. The lowest BCUT2D eigenvalue weighted by atomic mass is 10.1. The molecule has 7 nitrogen and oxygen atoms in total. The van der Waals surface area contributed by atoms with E-state index in [1.807, 2.05) is 26.0 Å². The molecule has 0 aliphatic heterocycles. The number of hydrogen-bond donors (Lipinski definition) is 2. The number of esters is 1. The molecule has 2 aromatic carbocycles. The molecule has 3 aromatic rings. The Balaban J connectivity index is 1.57. The van der Waals surface area contributed by atoms with Gasteiger partial charge in [0, 0.05) is 12.6 Å². The van der Waals surface area contributed by atoms with Gasteiger partial charge in [0.05, 0.1) is 15.8 Å². The highest BCUT2D eigenvalue weighted by atomic mass is 32.1. The van der Waals surface area contributed by atoms with E-state index in [1.165, 1.54) is 30.4 Å². The fraction of sp³-hybridized carbons (Fsp3) is 0.200. The second-order valence-corrected chi connectivity index (χ2v) is 7.36. The lowest BCUT2D eigenvalue weighted by Crippen LogP contribution is -2.20. The summed E-state index contributed by atoms with van der Waals surface area (Å²) in [5.74, 6) is -1.29. The van der Waals surface area contributed by atoms with Crippen molar-refractivity contribution in [1.82, 2.24) is 4.98 Å². The predicted molar refractivity (Wildman–Crippen MR) is 109 cm³/mol. The number of amides is 2. The number of carbonyl (C=O) groups excluding carboxylic acids is 3. The number of ether oxygens (including phenoxy) is 1. The highest BCUT2D eigenvalue weighted by Crippen LogP contribution is 2.29. The first-order valence-corrected chi connectivity index (χ1v) is 9.36. The minimum absolute atomic E-state index is 0.202. The highest BCUT2D eigenvalue weighted by Gasteiger charge is 2.13. The molecule has 28 heavy (non-hydrogen) atoms. The highest BCUT2D eigenvalue weighted by molar-refractivity contribution is 7.22. The summed E-state index contributed by atoms with van der Waals surface area (Å²) >= 11 is 1.37. The van der Waals surface area contributed by atoms with Gasteiger partial charge in [-0.15, -0.1) is 0 Å². The summed E-state index contributed by atoms with van der Waals surface area (Å²) in [5.41, 5.74) is 3.88. The molecule has 2 amide bonds. The van der Waals surface area contributed by atoms with Crippen LogP contribution in [0.15, 0.2) is 36.4 Å². The Morgan fingerprint density at radius 2 is 1.79 bits per heavy atom. The summed E-state index contributed by atoms with van der Waals surface area (Å²) in [4.78, 5) is 39.6. The van der Waals surface area contributed by atoms with Crippen molar-refractivity contribution in [2.75, 3.05) is 17.2 Å². The van der Waals surface area contributed by atoms with Crippen molar-refractivity contribution in [2.45, 2.75) is 20.8 Å². The van der Waals surface area contributed by atoms with Gasteiger partial charge in [-0.1, -0.05) is 17.4 Å². The zero-order valence-electron chi connectivity index (χ0n) is 15.7. The third-order valence-electron chi connectivity index (χ3n) is 3.85. The first kappa shape index (κ1) is 19.5. The number of nitrogens with one attached hydrogen (secondary N) is 2. The van der Waals surface area contributed by atoms with Crippen LogP contribution in [0.2, 0.25) is 0 Å². The predicted octanol–water partition coefficient (Wildman–Crippen LogP) is 3.67. The minimum atomic E-state index is -0.625. The van der Waals surface area contributed by atoms with Gasteiger partial charge in [-0.2, -0.15) is 0 Å². The van der Waals surface area contributed by atoms with Crippen LogP contribution >= 0.6 is 11.3 Å². The smallest absolute Gasteiger partial charge is 0.338 e. The summed E-state index contributed by atoms with van der Waals surface area (Å²) in [6, 6.07) is 10.3. The number of fused-ring (bicyclic) bond motifs is 1. The second kappa shape index (κ2) is 8.18. The van der Waals surface area contributed by atoms with Gasteiger partial charge in [0.2, 0.25) is 5.91 Å². The van der Waals surface area contributed by atoms with Crippen molar-refractivity contribution in [1.29, 1.82) is 0 Å². The molecule has 0 aliphatic rings. The number of hydrogen-bond acceptors (Lipinski definition) is 6. The van der Waals surface area contributed by atoms with Gasteiger partial charge >= 0.3 is 5.97 Å². The molecule has 0 saturated heterocycles. The number of thiazole rings is 1. The molecule has 0 atom stereocenters. The summed E-state index contributed by atoms with van der Waals surface area (Å²) < 4.78 is 6.03. The number of aryl methyl sites for hydroxylation is 2. The maximum absolute atomic E-state index is 12.1. The Morgan fingerprint density at radius 1 is 1.07 bits per heavy atom. The number of rotatable bonds is 5. The number of benzene rings is 2. The van der Waals surface area contributed by atoms with Crippen LogP contribution in [-0.4, -0.2) is 29.4 Å². The molecule has 0 bridgehead atoms. The fourth-order valence-corrected chi connectivity index (χ4v) is 3.74. The number of carbonyl (C=O) groups is 3. The summed E-state index contributed by atoms with van der Waals surface area (Å²) in [6.07, 6.45) is 0. The lowest BCUT2D eigenvalue weighted by Gasteiger charge is -2.06. The van der Waals surface area contributed by atoms with Crippen LogP contribution in [0, 0.1) is 13.8 Å². The van der Waals surface area contributed by atoms with E-state index < -0.39 is 18.5 Å². The van der Waals surface area contributed by atoms with Gasteiger partial charge in [0.15, 0.2) is 11.7 Å². The largest absolute Gasteiger partial charge is 0.452 e. The SMILES string of the molecule is CC(=O)Nc1ccc(C(=O)OCC(=O)Nc2nc3c(C)cc(C)cc3s2)cc1. The summed E-state index contributed by atoms with van der Waals surface area (Å²) in [7, 11) is 0. The molecule has 0 saturated carbocycles. The monoisotopic (exact) mass is 397 g/mol. The number of anilines is 2. The van der Waals surface area contributed by atoms with E-state index in [1.54, 1.807) is 12.1 Å². The van der Waals surface area contributed by atoms with Crippen LogP contribution < -0.4 is 10.6 Å². The van der Waals surface area contributed by atoms with E-state index in [0.29, 0.717) is 10.8 Å². The van der Waals surface area contributed by atoms with Crippen molar-refractivity contribution in [3.8, 4) is 0 Å². The van der Waals surface area contributed by atoms with E-state index >= 15 is 0 Å². The van der Waals surface area contributed by atoms with Crippen LogP contribution in [0.5, 0.6) is 0 Å². The van der Waals surface area contributed by atoms with Crippen molar-refractivity contribution < 1.29 is 19.1 Å². The summed E-state index contributed by atoms with van der Waals surface area (Å²) in [6.45, 7) is 4.96. The Hall–Kier alpha value is -3.26. The van der Waals surface area contributed by atoms with Gasteiger partial charge < -0.3 is 10.1 Å². The van der Waals surface area contributed by atoms with Crippen molar-refractivity contribution in [3.05, 3.63) is 53.1 Å². The molecule has 0 spiro atoms. The van der Waals surface area contributed by atoms with Gasteiger partial charge in [0.1, 0.15) is 0 Å². The van der Waals surface area contributed by atoms with Gasteiger partial charge in [-0.3, -0.25) is 14.9 Å². The molecule has 0 fully saturated rings. The maximum Gasteiger partial charge on any atom is 0.338 e. The number of nitrogens with zero attached hydrogens (tertiary/aromatic N) is 1. The van der Waals surface area contributed by atoms with E-state index in [9.17, 15) is 14.4 Å². The molecule has 0 aliphatic carbocycles. The Kier molecular flexibility index (Phi) is 5.70. The molecule has 144 valence electrons. The Bertz CT molecular complexity index is 1060. The minimum Gasteiger partial charge on any atom is -0.452 e. The third kappa shape index (κ3) is 4.72. The van der Waals surface area contributed by atoms with Gasteiger partial charge in [0.25, 0.3) is 5.91 Å². The zero-order valence-corrected chi connectivity index (χ0v) is 16.5. The maximum atomic E-state index is 12.1. The van der Waals surface area contributed by atoms with Crippen LogP contribution in [0.25, 0.3) is 10.2 Å². The quantitative estimate of drug-likeness (QED) is 0.640. The van der Waals surface area contributed by atoms with Crippen molar-refractivity contribution in [2.24, 2.45) is 0 Å². The fourth-order valence-electron chi connectivity index (χ4n) is 2.69. The molecular weight excluding hydrogens is 378 g/mol. The molecule has 1 aromatic heterocycles. The molecule has 8 heteroatoms. The van der Waals surface area contributed by atoms with Gasteiger partial charge in [-0.25, -0.2) is 9.78 Å².